The van der Waals surface area contributed by atoms with Crippen LogP contribution in [0.25, 0.3) is 0 Å². The van der Waals surface area contributed by atoms with Gasteiger partial charge in [-0.25, -0.2) is 0 Å². The fourth-order valence-electron chi connectivity index (χ4n) is 2.49. The number of nitrogens with zero attached hydrogens (tertiary/aromatic N) is 2. The van der Waals surface area contributed by atoms with E-state index in [2.05, 4.69) is 22.8 Å². The summed E-state index contributed by atoms with van der Waals surface area (Å²) < 4.78 is 2.05. The molecule has 1 aliphatic rings. The maximum Gasteiger partial charge on any atom is 0.0659 e. The van der Waals surface area contributed by atoms with E-state index >= 15 is 0 Å². The van der Waals surface area contributed by atoms with Crippen LogP contribution in [0.4, 0.5) is 0 Å². The summed E-state index contributed by atoms with van der Waals surface area (Å²) in [6.07, 6.45) is 5.33. The molecule has 1 atom stereocenters. The molecule has 0 aliphatic heterocycles. The molecule has 15 heavy (non-hydrogen) atoms. The summed E-state index contributed by atoms with van der Waals surface area (Å²) in [5.74, 6) is 0.690. The van der Waals surface area contributed by atoms with Gasteiger partial charge in [0, 0.05) is 18.5 Å². The van der Waals surface area contributed by atoms with Crippen LogP contribution in [0.2, 0.25) is 0 Å². The van der Waals surface area contributed by atoms with Gasteiger partial charge in [0.05, 0.1) is 11.4 Å². The molecule has 2 rings (SSSR count). The molecule has 0 saturated heterocycles. The highest BCUT2D eigenvalue weighted by atomic mass is 15.3. The van der Waals surface area contributed by atoms with Crippen molar-refractivity contribution in [3.63, 3.8) is 0 Å². The topological polar surface area (TPSA) is 43.8 Å². The van der Waals surface area contributed by atoms with E-state index in [1.807, 2.05) is 6.92 Å². The van der Waals surface area contributed by atoms with Gasteiger partial charge in [-0.15, -0.1) is 0 Å². The summed E-state index contributed by atoms with van der Waals surface area (Å²) in [5, 5.41) is 4.67. The Kier molecular flexibility index (Phi) is 3.10. The molecule has 3 nitrogen and oxygen atoms in total. The fraction of sp³-hybridized carbons (Fsp3) is 0.750. The highest BCUT2D eigenvalue weighted by Gasteiger charge is 2.21. The van der Waals surface area contributed by atoms with E-state index in [1.165, 1.54) is 37.1 Å². The smallest absolute Gasteiger partial charge is 0.0659 e. The summed E-state index contributed by atoms with van der Waals surface area (Å²) in [4.78, 5) is 0. The Labute approximate surface area is 91.7 Å². The zero-order chi connectivity index (χ0) is 10.8. The molecule has 1 heterocycles. The highest BCUT2D eigenvalue weighted by molar-refractivity contribution is 5.17. The van der Waals surface area contributed by atoms with Crippen molar-refractivity contribution >= 4 is 0 Å². The Morgan fingerprint density at radius 1 is 1.53 bits per heavy atom. The van der Waals surface area contributed by atoms with Gasteiger partial charge < -0.3 is 5.73 Å². The zero-order valence-corrected chi connectivity index (χ0v) is 9.74. The largest absolute Gasteiger partial charge is 0.323 e. The average Bonchev–Trinajstić information content (AvgIpc) is 2.86. The quantitative estimate of drug-likeness (QED) is 0.828. The molecule has 0 spiro atoms. The minimum absolute atomic E-state index is 0.0904. The van der Waals surface area contributed by atoms with E-state index in [1.54, 1.807) is 0 Å². The molecule has 0 radical (unpaired) electrons. The van der Waals surface area contributed by atoms with Crippen molar-refractivity contribution in [2.24, 2.45) is 5.73 Å². The van der Waals surface area contributed by atoms with E-state index < -0.39 is 0 Å². The molecular weight excluding hydrogens is 186 g/mol. The molecule has 2 N–H and O–H groups in total. The first-order chi connectivity index (χ1) is 7.22. The predicted molar refractivity (Wildman–Crippen MR) is 61.7 cm³/mol. The number of aryl methyl sites for hydroxylation is 1. The lowest BCUT2D eigenvalue weighted by Crippen LogP contribution is -2.12. The minimum Gasteiger partial charge on any atom is -0.323 e. The molecule has 0 bridgehead atoms. The third kappa shape index (κ3) is 2.07. The van der Waals surface area contributed by atoms with Crippen molar-refractivity contribution < 1.29 is 0 Å². The van der Waals surface area contributed by atoms with Crippen molar-refractivity contribution in [3.05, 3.63) is 17.5 Å². The molecule has 0 amide bonds. The summed E-state index contributed by atoms with van der Waals surface area (Å²) in [7, 11) is 0. The predicted octanol–water partition coefficient (Wildman–Crippen LogP) is 2.58. The third-order valence-electron chi connectivity index (χ3n) is 3.37. The molecule has 0 unspecified atom stereocenters. The summed E-state index contributed by atoms with van der Waals surface area (Å²) in [5.41, 5.74) is 8.39. The van der Waals surface area contributed by atoms with Crippen LogP contribution in [0.3, 0.4) is 0 Å². The number of hydrogen-bond acceptors (Lipinski definition) is 2. The van der Waals surface area contributed by atoms with E-state index in [9.17, 15) is 0 Å². The monoisotopic (exact) mass is 207 g/mol. The SMILES string of the molecule is CCn1nc(C2CCCC2)cc1[C@H](C)N. The minimum atomic E-state index is 0.0904. The van der Waals surface area contributed by atoms with Crippen LogP contribution >= 0.6 is 0 Å². The lowest BCUT2D eigenvalue weighted by Gasteiger charge is -2.06. The average molecular weight is 207 g/mol. The maximum absolute atomic E-state index is 5.94. The lowest BCUT2D eigenvalue weighted by atomic mass is 10.0. The molecule has 3 heteroatoms. The molecule has 1 aromatic heterocycles. The second-order valence-corrected chi connectivity index (χ2v) is 4.58. The fourth-order valence-corrected chi connectivity index (χ4v) is 2.49. The van der Waals surface area contributed by atoms with E-state index in [0.29, 0.717) is 5.92 Å². The van der Waals surface area contributed by atoms with Crippen LogP contribution in [0.5, 0.6) is 0 Å². The van der Waals surface area contributed by atoms with Crippen LogP contribution in [0.15, 0.2) is 6.07 Å². The van der Waals surface area contributed by atoms with E-state index in [0.717, 1.165) is 6.54 Å². The number of rotatable bonds is 3. The van der Waals surface area contributed by atoms with Gasteiger partial charge in [0.25, 0.3) is 0 Å². The Balaban J connectivity index is 2.25. The van der Waals surface area contributed by atoms with Crippen molar-refractivity contribution in [3.8, 4) is 0 Å². The van der Waals surface area contributed by atoms with Gasteiger partial charge in [0.1, 0.15) is 0 Å². The maximum atomic E-state index is 5.94. The third-order valence-corrected chi connectivity index (χ3v) is 3.37. The summed E-state index contributed by atoms with van der Waals surface area (Å²) in [6.45, 7) is 5.07. The van der Waals surface area contributed by atoms with Gasteiger partial charge >= 0.3 is 0 Å². The first kappa shape index (κ1) is 10.7. The standard InChI is InChI=1S/C12H21N3/c1-3-15-12(9(2)13)8-11(14-15)10-6-4-5-7-10/h8-10H,3-7,13H2,1-2H3/t9-/m0/s1. The molecule has 1 aromatic rings. The molecule has 84 valence electrons. The van der Waals surface area contributed by atoms with Crippen LogP contribution in [0, 0.1) is 0 Å². The van der Waals surface area contributed by atoms with Crippen LogP contribution in [-0.2, 0) is 6.54 Å². The van der Waals surface area contributed by atoms with Crippen molar-refractivity contribution in [1.29, 1.82) is 0 Å². The second-order valence-electron chi connectivity index (χ2n) is 4.58. The molecule has 1 saturated carbocycles. The number of hydrogen-bond donors (Lipinski definition) is 1. The van der Waals surface area contributed by atoms with Crippen molar-refractivity contribution in [1.82, 2.24) is 9.78 Å². The second kappa shape index (κ2) is 4.35. The van der Waals surface area contributed by atoms with Gasteiger partial charge in [0.2, 0.25) is 0 Å². The first-order valence-corrected chi connectivity index (χ1v) is 6.05. The molecule has 1 fully saturated rings. The molecule has 0 aromatic carbocycles. The van der Waals surface area contributed by atoms with Gasteiger partial charge in [0.15, 0.2) is 0 Å². The van der Waals surface area contributed by atoms with Gasteiger partial charge in [-0.3, -0.25) is 4.68 Å². The van der Waals surface area contributed by atoms with Gasteiger partial charge in [-0.1, -0.05) is 12.8 Å². The van der Waals surface area contributed by atoms with E-state index in [-0.39, 0.29) is 6.04 Å². The normalized spacial score (nSPS) is 19.7. The summed E-state index contributed by atoms with van der Waals surface area (Å²) >= 11 is 0. The van der Waals surface area contributed by atoms with Crippen LogP contribution in [-0.4, -0.2) is 9.78 Å². The first-order valence-electron chi connectivity index (χ1n) is 6.05. The summed E-state index contributed by atoms with van der Waals surface area (Å²) in [6, 6.07) is 2.30. The highest BCUT2D eigenvalue weighted by Crippen LogP contribution is 2.34. The van der Waals surface area contributed by atoms with Crippen LogP contribution < -0.4 is 5.73 Å². The van der Waals surface area contributed by atoms with Gasteiger partial charge in [-0.05, 0) is 32.8 Å². The van der Waals surface area contributed by atoms with Crippen LogP contribution in [0.1, 0.15) is 62.9 Å². The van der Waals surface area contributed by atoms with Crippen molar-refractivity contribution in [2.45, 2.75) is 58.0 Å². The number of nitrogens with two attached hydrogens (primary N) is 1. The molecular formula is C12H21N3. The number of aromatic nitrogens is 2. The Morgan fingerprint density at radius 2 is 2.20 bits per heavy atom. The molecule has 1 aliphatic carbocycles. The Morgan fingerprint density at radius 3 is 2.67 bits per heavy atom. The van der Waals surface area contributed by atoms with E-state index in [4.69, 9.17) is 5.73 Å². The lowest BCUT2D eigenvalue weighted by molar-refractivity contribution is 0.572. The Bertz CT molecular complexity index is 322. The van der Waals surface area contributed by atoms with Gasteiger partial charge in [-0.2, -0.15) is 5.10 Å². The van der Waals surface area contributed by atoms with Crippen molar-refractivity contribution in [2.75, 3.05) is 0 Å². The zero-order valence-electron chi connectivity index (χ0n) is 9.74. The Hall–Kier alpha value is -0.830.